The summed E-state index contributed by atoms with van der Waals surface area (Å²) in [7, 11) is 0. The number of hydrazine groups is 1. The number of aryl methyl sites for hydroxylation is 1. The Morgan fingerprint density at radius 3 is 2.76 bits per heavy atom. The zero-order valence-corrected chi connectivity index (χ0v) is 13.3. The first kappa shape index (κ1) is 17.0. The van der Waals surface area contributed by atoms with Crippen molar-refractivity contribution in [3.8, 4) is 5.75 Å². The number of hydrogen-bond donors (Lipinski definition) is 3. The molecule has 0 aliphatic carbocycles. The molecule has 0 saturated carbocycles. The van der Waals surface area contributed by atoms with Crippen LogP contribution in [0.3, 0.4) is 0 Å². The van der Waals surface area contributed by atoms with E-state index in [0.717, 1.165) is 5.56 Å². The van der Waals surface area contributed by atoms with E-state index >= 15 is 0 Å². The average Bonchev–Trinajstić information content (AvgIpc) is 2.41. The molecular formula is C15H21N3O2S. The molecule has 0 bridgehead atoms. The van der Waals surface area contributed by atoms with Gasteiger partial charge in [-0.1, -0.05) is 18.2 Å². The third kappa shape index (κ3) is 5.83. The number of nitrogens with one attached hydrogen (secondary N) is 3. The minimum Gasteiger partial charge on any atom is -0.478 e. The lowest BCUT2D eigenvalue weighted by atomic mass is 10.1. The zero-order chi connectivity index (χ0) is 15.9. The van der Waals surface area contributed by atoms with E-state index in [2.05, 4.69) is 22.7 Å². The third-order valence-corrected chi connectivity index (χ3v) is 2.85. The number of thiocarbonyl (C=S) groups is 1. The summed E-state index contributed by atoms with van der Waals surface area (Å²) in [5.41, 5.74) is 5.16. The molecule has 3 N–H and O–H groups in total. The average molecular weight is 307 g/mol. The minimum atomic E-state index is -1.03. The third-order valence-electron chi connectivity index (χ3n) is 2.61. The van der Waals surface area contributed by atoms with Gasteiger partial charge < -0.3 is 10.1 Å². The van der Waals surface area contributed by atoms with Crippen molar-refractivity contribution in [1.82, 2.24) is 16.2 Å². The van der Waals surface area contributed by atoms with E-state index in [1.807, 2.05) is 31.2 Å². The van der Waals surface area contributed by atoms with Crippen LogP contribution in [0.15, 0.2) is 36.9 Å². The SMILES string of the molecule is C=CCNC(=S)NNC(=O)C(C)(C)Oc1cccc(C)c1. The van der Waals surface area contributed by atoms with E-state index in [4.69, 9.17) is 17.0 Å². The largest absolute Gasteiger partial charge is 0.478 e. The molecule has 1 amide bonds. The molecule has 1 rings (SSSR count). The number of amides is 1. The number of rotatable bonds is 5. The molecular weight excluding hydrogens is 286 g/mol. The van der Waals surface area contributed by atoms with Crippen LogP contribution in [0.4, 0.5) is 0 Å². The lowest BCUT2D eigenvalue weighted by Gasteiger charge is -2.25. The molecule has 0 unspecified atom stereocenters. The second-order valence-corrected chi connectivity index (χ2v) is 5.41. The Morgan fingerprint density at radius 2 is 2.14 bits per heavy atom. The minimum absolute atomic E-state index is 0.314. The zero-order valence-electron chi connectivity index (χ0n) is 12.5. The molecule has 0 spiro atoms. The van der Waals surface area contributed by atoms with Crippen molar-refractivity contribution in [2.24, 2.45) is 0 Å². The Labute approximate surface area is 130 Å². The Bertz CT molecular complexity index is 529. The highest BCUT2D eigenvalue weighted by Gasteiger charge is 2.30. The van der Waals surface area contributed by atoms with Crippen LogP contribution in [0.2, 0.25) is 0 Å². The molecule has 0 fully saturated rings. The van der Waals surface area contributed by atoms with Crippen LogP contribution >= 0.6 is 12.2 Å². The molecule has 0 aliphatic heterocycles. The summed E-state index contributed by atoms with van der Waals surface area (Å²) in [6.45, 7) is 9.42. The lowest BCUT2D eigenvalue weighted by molar-refractivity contribution is -0.134. The van der Waals surface area contributed by atoms with Gasteiger partial charge in [0, 0.05) is 6.54 Å². The summed E-state index contributed by atoms with van der Waals surface area (Å²) in [5, 5.41) is 3.16. The number of hydrogen-bond acceptors (Lipinski definition) is 3. The van der Waals surface area contributed by atoms with Gasteiger partial charge in [-0.05, 0) is 50.7 Å². The maximum Gasteiger partial charge on any atom is 0.281 e. The predicted molar refractivity (Wildman–Crippen MR) is 88.0 cm³/mol. The first-order valence-electron chi connectivity index (χ1n) is 6.56. The highest BCUT2D eigenvalue weighted by Crippen LogP contribution is 2.19. The van der Waals surface area contributed by atoms with Gasteiger partial charge in [0.05, 0.1) is 0 Å². The number of carbonyl (C=O) groups is 1. The van der Waals surface area contributed by atoms with Crippen molar-refractivity contribution in [2.75, 3.05) is 6.54 Å². The quantitative estimate of drug-likeness (QED) is 0.440. The van der Waals surface area contributed by atoms with E-state index in [1.165, 1.54) is 0 Å². The lowest BCUT2D eigenvalue weighted by Crippen LogP contribution is -2.55. The summed E-state index contributed by atoms with van der Waals surface area (Å²) in [6.07, 6.45) is 1.67. The Balaban J connectivity index is 2.55. The highest BCUT2D eigenvalue weighted by atomic mass is 32.1. The first-order valence-corrected chi connectivity index (χ1v) is 6.97. The summed E-state index contributed by atoms with van der Waals surface area (Å²) < 4.78 is 5.73. The van der Waals surface area contributed by atoms with Gasteiger partial charge in [-0.2, -0.15) is 0 Å². The molecule has 1 aromatic carbocycles. The molecule has 0 saturated heterocycles. The maximum atomic E-state index is 12.1. The van der Waals surface area contributed by atoms with Crippen LogP contribution < -0.4 is 20.9 Å². The normalized spacial score (nSPS) is 10.4. The summed E-state index contributed by atoms with van der Waals surface area (Å²) >= 11 is 4.98. The van der Waals surface area contributed by atoms with Crippen LogP contribution in [0.5, 0.6) is 5.75 Å². The van der Waals surface area contributed by atoms with E-state index in [9.17, 15) is 4.79 Å². The summed E-state index contributed by atoms with van der Waals surface area (Å²) in [4.78, 5) is 12.1. The van der Waals surface area contributed by atoms with Gasteiger partial charge in [0.2, 0.25) is 0 Å². The molecule has 0 aromatic heterocycles. The second-order valence-electron chi connectivity index (χ2n) is 5.01. The predicted octanol–water partition coefficient (Wildman–Crippen LogP) is 1.83. The number of ether oxygens (including phenoxy) is 1. The van der Waals surface area contributed by atoms with Gasteiger partial charge >= 0.3 is 0 Å². The van der Waals surface area contributed by atoms with Crippen molar-refractivity contribution in [1.29, 1.82) is 0 Å². The Hall–Kier alpha value is -2.08. The van der Waals surface area contributed by atoms with Gasteiger partial charge in [0.15, 0.2) is 10.7 Å². The molecule has 5 nitrogen and oxygen atoms in total. The summed E-state index contributed by atoms with van der Waals surface area (Å²) in [5.74, 6) is 0.314. The molecule has 0 atom stereocenters. The molecule has 0 radical (unpaired) electrons. The van der Waals surface area contributed by atoms with Gasteiger partial charge in [-0.25, -0.2) is 0 Å². The summed E-state index contributed by atoms with van der Waals surface area (Å²) in [6, 6.07) is 7.53. The van der Waals surface area contributed by atoms with E-state index in [0.29, 0.717) is 17.4 Å². The van der Waals surface area contributed by atoms with Gasteiger partial charge in [0.1, 0.15) is 5.75 Å². The van der Waals surface area contributed by atoms with Crippen molar-refractivity contribution in [2.45, 2.75) is 26.4 Å². The fourth-order valence-electron chi connectivity index (χ4n) is 1.49. The van der Waals surface area contributed by atoms with Crippen LogP contribution in [0.25, 0.3) is 0 Å². The highest BCUT2D eigenvalue weighted by molar-refractivity contribution is 7.80. The molecule has 1 aromatic rings. The van der Waals surface area contributed by atoms with Crippen LogP contribution in [-0.2, 0) is 4.79 Å². The fourth-order valence-corrected chi connectivity index (χ4v) is 1.63. The maximum absolute atomic E-state index is 12.1. The van der Waals surface area contributed by atoms with Crippen LogP contribution in [0.1, 0.15) is 19.4 Å². The molecule has 6 heteroatoms. The number of carbonyl (C=O) groups excluding carboxylic acids is 1. The van der Waals surface area contributed by atoms with Crippen LogP contribution in [0, 0.1) is 6.92 Å². The smallest absolute Gasteiger partial charge is 0.281 e. The van der Waals surface area contributed by atoms with Crippen molar-refractivity contribution < 1.29 is 9.53 Å². The van der Waals surface area contributed by atoms with E-state index in [1.54, 1.807) is 19.9 Å². The van der Waals surface area contributed by atoms with E-state index < -0.39 is 5.60 Å². The van der Waals surface area contributed by atoms with Crippen molar-refractivity contribution >= 4 is 23.2 Å². The first-order chi connectivity index (χ1) is 9.85. The molecule has 0 aliphatic rings. The van der Waals surface area contributed by atoms with Gasteiger partial charge in [-0.3, -0.25) is 15.6 Å². The molecule has 0 heterocycles. The second kappa shape index (κ2) is 7.64. The molecule has 21 heavy (non-hydrogen) atoms. The van der Waals surface area contributed by atoms with E-state index in [-0.39, 0.29) is 5.91 Å². The standard InChI is InChI=1S/C15H21N3O2S/c1-5-9-16-14(21)18-17-13(19)15(3,4)20-12-8-6-7-11(2)10-12/h5-8,10H,1,9H2,2-4H3,(H,17,19)(H2,16,18,21). The topological polar surface area (TPSA) is 62.4 Å². The number of benzene rings is 1. The van der Waals surface area contributed by atoms with Crippen LogP contribution in [-0.4, -0.2) is 23.2 Å². The van der Waals surface area contributed by atoms with Gasteiger partial charge in [-0.15, -0.1) is 6.58 Å². The van der Waals surface area contributed by atoms with Gasteiger partial charge in [0.25, 0.3) is 5.91 Å². The van der Waals surface area contributed by atoms with Crippen molar-refractivity contribution in [3.63, 3.8) is 0 Å². The monoisotopic (exact) mass is 307 g/mol. The fraction of sp³-hybridized carbons (Fsp3) is 0.333. The Morgan fingerprint density at radius 1 is 1.43 bits per heavy atom. The molecule has 114 valence electrons. The Kier molecular flexibility index (Phi) is 6.17. The van der Waals surface area contributed by atoms with Crippen molar-refractivity contribution in [3.05, 3.63) is 42.5 Å².